The van der Waals surface area contributed by atoms with E-state index in [1.54, 1.807) is 4.90 Å². The Labute approximate surface area is 207 Å². The second-order valence-corrected chi connectivity index (χ2v) is 10.1. The molecule has 1 saturated heterocycles. The summed E-state index contributed by atoms with van der Waals surface area (Å²) >= 11 is 5.43. The van der Waals surface area contributed by atoms with Crippen LogP contribution in [0.4, 0.5) is 5.69 Å². The average molecular weight is 479 g/mol. The fourth-order valence-corrected chi connectivity index (χ4v) is 5.34. The van der Waals surface area contributed by atoms with Crippen LogP contribution in [0, 0.1) is 11.8 Å². The summed E-state index contributed by atoms with van der Waals surface area (Å²) in [5.74, 6) is -0.0576. The maximum atomic E-state index is 13.9. The lowest BCUT2D eigenvalue weighted by molar-refractivity contribution is -0.155. The third kappa shape index (κ3) is 5.65. The fraction of sp³-hybridized carbons (Fsp3) is 0.444. The molecule has 2 amide bonds. The predicted molar refractivity (Wildman–Crippen MR) is 139 cm³/mol. The van der Waals surface area contributed by atoms with Gasteiger partial charge in [0.1, 0.15) is 12.2 Å². The van der Waals surface area contributed by atoms with Gasteiger partial charge in [0.2, 0.25) is 11.8 Å². The number of nitrogens with zero attached hydrogens (tertiary/aromatic N) is 1. The van der Waals surface area contributed by atoms with Crippen molar-refractivity contribution >= 4 is 34.8 Å². The molecular formula is C27H34N4O2S. The monoisotopic (exact) mass is 478 g/mol. The molecule has 6 nitrogen and oxygen atoms in total. The number of para-hydroxylation sites is 1. The normalized spacial score (nSPS) is 23.2. The van der Waals surface area contributed by atoms with Crippen LogP contribution >= 0.6 is 12.2 Å². The Morgan fingerprint density at radius 3 is 2.38 bits per heavy atom. The molecule has 7 heteroatoms. The van der Waals surface area contributed by atoms with Crippen LogP contribution in [0.3, 0.4) is 0 Å². The summed E-state index contributed by atoms with van der Waals surface area (Å²) in [6.07, 6.45) is 4.22. The standard InChI is InChI=1S/C27H34N4O2S/c1-18(2)17-23(25(32)30-27(34)28-20-13-7-4-8-14-20)31-24(19-11-5-3-6-12-19)29-22-16-10-9-15-21(22)26(31)33/h3-8,11-14,18,21-24,29H,9-10,15-17H2,1-2H3,(H2,28,30,32,34). The molecule has 4 unspecified atom stereocenters. The van der Waals surface area contributed by atoms with E-state index in [1.807, 2.05) is 60.7 Å². The molecule has 2 aromatic rings. The van der Waals surface area contributed by atoms with Crippen LogP contribution in [0.25, 0.3) is 0 Å². The smallest absolute Gasteiger partial charge is 0.249 e. The zero-order chi connectivity index (χ0) is 24.1. The van der Waals surface area contributed by atoms with Crippen molar-refractivity contribution < 1.29 is 9.59 Å². The van der Waals surface area contributed by atoms with E-state index < -0.39 is 6.04 Å². The molecule has 0 radical (unpaired) electrons. The Kier molecular flexibility index (Phi) is 7.95. The summed E-state index contributed by atoms with van der Waals surface area (Å²) in [5, 5.41) is 9.88. The lowest BCUT2D eigenvalue weighted by atomic mass is 9.80. The van der Waals surface area contributed by atoms with Gasteiger partial charge in [-0.05, 0) is 55.1 Å². The molecule has 4 rings (SSSR count). The van der Waals surface area contributed by atoms with Gasteiger partial charge >= 0.3 is 0 Å². The summed E-state index contributed by atoms with van der Waals surface area (Å²) < 4.78 is 0. The van der Waals surface area contributed by atoms with E-state index in [0.717, 1.165) is 36.9 Å². The van der Waals surface area contributed by atoms with E-state index in [2.05, 4.69) is 29.8 Å². The fourth-order valence-electron chi connectivity index (χ4n) is 5.13. The number of hydrogen-bond acceptors (Lipinski definition) is 4. The van der Waals surface area contributed by atoms with Crippen molar-refractivity contribution in [3.8, 4) is 0 Å². The molecule has 34 heavy (non-hydrogen) atoms. The highest BCUT2D eigenvalue weighted by Gasteiger charge is 2.47. The number of fused-ring (bicyclic) bond motifs is 1. The highest BCUT2D eigenvalue weighted by atomic mass is 32.1. The van der Waals surface area contributed by atoms with Gasteiger partial charge in [0.05, 0.1) is 5.92 Å². The van der Waals surface area contributed by atoms with E-state index in [-0.39, 0.29) is 41.0 Å². The first kappa shape index (κ1) is 24.4. The molecule has 2 aliphatic rings. The first-order valence-corrected chi connectivity index (χ1v) is 12.6. The number of thiocarbonyl (C=S) groups is 1. The van der Waals surface area contributed by atoms with Crippen molar-refractivity contribution in [2.24, 2.45) is 11.8 Å². The summed E-state index contributed by atoms with van der Waals surface area (Å²) in [6, 6.07) is 19.0. The van der Waals surface area contributed by atoms with Gasteiger partial charge in [-0.15, -0.1) is 0 Å². The number of hydrogen-bond donors (Lipinski definition) is 3. The topological polar surface area (TPSA) is 73.5 Å². The maximum absolute atomic E-state index is 13.9. The van der Waals surface area contributed by atoms with Crippen LogP contribution < -0.4 is 16.0 Å². The minimum absolute atomic E-state index is 0.0695. The molecule has 3 N–H and O–H groups in total. The number of amides is 2. The van der Waals surface area contributed by atoms with Crippen LogP contribution in [-0.2, 0) is 9.59 Å². The number of carbonyl (C=O) groups is 2. The Balaban J connectivity index is 1.61. The molecule has 180 valence electrons. The van der Waals surface area contributed by atoms with Gasteiger partial charge in [-0.25, -0.2) is 0 Å². The molecule has 0 aromatic heterocycles. The molecule has 0 spiro atoms. The summed E-state index contributed by atoms with van der Waals surface area (Å²) in [5.41, 5.74) is 1.79. The molecule has 1 heterocycles. The van der Waals surface area contributed by atoms with Gasteiger partial charge in [0.25, 0.3) is 0 Å². The zero-order valence-corrected chi connectivity index (χ0v) is 20.7. The molecule has 0 bridgehead atoms. The molecule has 2 aromatic carbocycles. The number of anilines is 1. The van der Waals surface area contributed by atoms with Crippen molar-refractivity contribution in [3.63, 3.8) is 0 Å². The van der Waals surface area contributed by atoms with Crippen molar-refractivity contribution in [3.05, 3.63) is 66.2 Å². The molecule has 1 saturated carbocycles. The number of rotatable bonds is 6. The van der Waals surface area contributed by atoms with E-state index in [9.17, 15) is 9.59 Å². The Morgan fingerprint density at radius 1 is 1.06 bits per heavy atom. The average Bonchev–Trinajstić information content (AvgIpc) is 2.84. The summed E-state index contributed by atoms with van der Waals surface area (Å²) in [4.78, 5) is 29.3. The van der Waals surface area contributed by atoms with Gasteiger partial charge in [-0.3, -0.25) is 14.9 Å². The Bertz CT molecular complexity index is 998. The van der Waals surface area contributed by atoms with Crippen LogP contribution in [0.1, 0.15) is 57.7 Å². The van der Waals surface area contributed by atoms with Crippen molar-refractivity contribution in [1.29, 1.82) is 0 Å². The molecule has 2 fully saturated rings. The zero-order valence-electron chi connectivity index (χ0n) is 19.9. The number of nitrogens with one attached hydrogen (secondary N) is 3. The second kappa shape index (κ2) is 11.1. The van der Waals surface area contributed by atoms with Crippen LogP contribution in [0.15, 0.2) is 60.7 Å². The van der Waals surface area contributed by atoms with Gasteiger partial charge in [-0.2, -0.15) is 0 Å². The van der Waals surface area contributed by atoms with E-state index in [0.29, 0.717) is 6.42 Å². The third-order valence-electron chi connectivity index (χ3n) is 6.70. The van der Waals surface area contributed by atoms with Gasteiger partial charge in [0.15, 0.2) is 5.11 Å². The van der Waals surface area contributed by atoms with Gasteiger partial charge in [-0.1, -0.05) is 75.2 Å². The molecule has 4 atom stereocenters. The predicted octanol–water partition coefficient (Wildman–Crippen LogP) is 4.60. The highest BCUT2D eigenvalue weighted by Crippen LogP contribution is 2.37. The lowest BCUT2D eigenvalue weighted by Gasteiger charge is -2.49. The second-order valence-electron chi connectivity index (χ2n) is 9.68. The highest BCUT2D eigenvalue weighted by molar-refractivity contribution is 7.80. The van der Waals surface area contributed by atoms with Crippen molar-refractivity contribution in [2.45, 2.75) is 64.2 Å². The SMILES string of the molecule is CC(C)CC(C(=O)NC(=S)Nc1ccccc1)N1C(=O)C2CCCCC2NC1c1ccccc1. The first-order valence-electron chi connectivity index (χ1n) is 12.2. The van der Waals surface area contributed by atoms with Crippen LogP contribution in [0.5, 0.6) is 0 Å². The summed E-state index contributed by atoms with van der Waals surface area (Å²) in [7, 11) is 0. The molecular weight excluding hydrogens is 444 g/mol. The minimum atomic E-state index is -0.636. The van der Waals surface area contributed by atoms with Crippen LogP contribution in [0.2, 0.25) is 0 Å². The quantitative estimate of drug-likeness (QED) is 0.529. The first-order chi connectivity index (χ1) is 16.4. The van der Waals surface area contributed by atoms with E-state index >= 15 is 0 Å². The molecule has 1 aliphatic carbocycles. The lowest BCUT2D eigenvalue weighted by Crippen LogP contribution is -2.64. The largest absolute Gasteiger partial charge is 0.332 e. The number of benzene rings is 2. The van der Waals surface area contributed by atoms with Gasteiger partial charge < -0.3 is 15.5 Å². The van der Waals surface area contributed by atoms with E-state index in [1.165, 1.54) is 0 Å². The maximum Gasteiger partial charge on any atom is 0.249 e. The van der Waals surface area contributed by atoms with E-state index in [4.69, 9.17) is 12.2 Å². The Morgan fingerprint density at radius 2 is 1.71 bits per heavy atom. The Hall–Kier alpha value is -2.77. The van der Waals surface area contributed by atoms with Crippen LogP contribution in [-0.4, -0.2) is 33.9 Å². The van der Waals surface area contributed by atoms with Crippen molar-refractivity contribution in [2.75, 3.05) is 5.32 Å². The minimum Gasteiger partial charge on any atom is -0.332 e. The van der Waals surface area contributed by atoms with Crippen molar-refractivity contribution in [1.82, 2.24) is 15.5 Å². The molecule has 1 aliphatic heterocycles. The van der Waals surface area contributed by atoms with Gasteiger partial charge in [0, 0.05) is 11.7 Å². The third-order valence-corrected chi connectivity index (χ3v) is 6.91. The number of carbonyl (C=O) groups excluding carboxylic acids is 2. The summed E-state index contributed by atoms with van der Waals surface area (Å²) in [6.45, 7) is 4.15.